The normalized spacial score (nSPS) is 11.4. The lowest BCUT2D eigenvalue weighted by atomic mass is 10.2. The Hall–Kier alpha value is -2.39. The summed E-state index contributed by atoms with van der Waals surface area (Å²) in [5.41, 5.74) is 0. The van der Waals surface area contributed by atoms with Gasteiger partial charge in [-0.1, -0.05) is 109 Å². The predicted octanol–water partition coefficient (Wildman–Crippen LogP) is 7.07. The van der Waals surface area contributed by atoms with Gasteiger partial charge in [0.25, 0.3) is 0 Å². The Kier molecular flexibility index (Phi) is 4.54. The van der Waals surface area contributed by atoms with Crippen LogP contribution in [0.3, 0.4) is 0 Å². The summed E-state index contributed by atoms with van der Waals surface area (Å²) in [5.74, 6) is 1.21. The summed E-state index contributed by atoms with van der Waals surface area (Å²) in [6, 6.07) is 40.2. The highest BCUT2D eigenvalue weighted by atomic mass is 31.2. The Morgan fingerprint density at radius 2 is 0.889 bits per heavy atom. The van der Waals surface area contributed by atoms with E-state index in [-0.39, 0.29) is 15.5 Å². The van der Waals surface area contributed by atoms with Crippen LogP contribution in [-0.2, 0) is 5.90 Å². The number of hydrogen-bond donors (Lipinski definition) is 0. The molecule has 0 nitrogen and oxygen atoms in total. The van der Waals surface area contributed by atoms with E-state index in [1.807, 2.05) is 0 Å². The SMILES string of the molecule is c1ccc(P(Cp2c3ccccc3c3ccccc32)c2ccccc2)cc1. The predicted molar refractivity (Wildman–Crippen MR) is 123 cm³/mol. The maximum Gasteiger partial charge on any atom is 0.0155 e. The van der Waals surface area contributed by atoms with E-state index in [0.717, 1.165) is 0 Å². The lowest BCUT2D eigenvalue weighted by molar-refractivity contribution is 1.73. The molecule has 0 aliphatic carbocycles. The first-order chi connectivity index (χ1) is 13.4. The second kappa shape index (κ2) is 7.32. The third-order valence-electron chi connectivity index (χ3n) is 5.10. The van der Waals surface area contributed by atoms with Gasteiger partial charge in [-0.05, 0) is 29.3 Å². The average Bonchev–Trinajstić information content (AvgIpc) is 3.07. The number of fused-ring (bicyclic) bond motifs is 3. The lowest BCUT2D eigenvalue weighted by Gasteiger charge is -2.19. The van der Waals surface area contributed by atoms with E-state index in [0.29, 0.717) is 0 Å². The molecule has 0 saturated heterocycles. The van der Waals surface area contributed by atoms with Crippen LogP contribution in [0.2, 0.25) is 0 Å². The third kappa shape index (κ3) is 3.10. The van der Waals surface area contributed by atoms with Crippen molar-refractivity contribution in [3.8, 4) is 0 Å². The van der Waals surface area contributed by atoms with E-state index >= 15 is 0 Å². The summed E-state index contributed by atoms with van der Waals surface area (Å²) in [7, 11) is -0.717. The minimum Gasteiger partial charge on any atom is -0.104 e. The third-order valence-corrected chi connectivity index (χ3v) is 11.1. The zero-order chi connectivity index (χ0) is 18.1. The van der Waals surface area contributed by atoms with Crippen LogP contribution in [-0.4, -0.2) is 0 Å². The summed E-state index contributed by atoms with van der Waals surface area (Å²) < 4.78 is 0. The summed E-state index contributed by atoms with van der Waals surface area (Å²) >= 11 is 0. The smallest absolute Gasteiger partial charge is 0.0155 e. The molecule has 2 heteroatoms. The maximum absolute atomic E-state index is 2.35. The monoisotopic (exact) mass is 382 g/mol. The van der Waals surface area contributed by atoms with Crippen molar-refractivity contribution >= 4 is 47.1 Å². The van der Waals surface area contributed by atoms with Crippen molar-refractivity contribution < 1.29 is 0 Å². The molecule has 0 atom stereocenters. The largest absolute Gasteiger partial charge is 0.104 e. The molecule has 0 aliphatic heterocycles. The van der Waals surface area contributed by atoms with Crippen molar-refractivity contribution in [3.05, 3.63) is 109 Å². The van der Waals surface area contributed by atoms with Crippen LogP contribution in [0.25, 0.3) is 21.0 Å². The Balaban J connectivity index is 1.71. The molecule has 0 saturated carbocycles. The molecule has 0 amide bonds. The summed E-state index contributed by atoms with van der Waals surface area (Å²) in [6.07, 6.45) is 0. The molecule has 0 N–H and O–H groups in total. The zero-order valence-corrected chi connectivity index (χ0v) is 16.8. The van der Waals surface area contributed by atoms with Gasteiger partial charge in [-0.25, -0.2) is 0 Å². The topological polar surface area (TPSA) is 0 Å². The molecule has 5 aromatic rings. The molecule has 0 fully saturated rings. The number of hydrogen-bond acceptors (Lipinski definition) is 0. The minimum absolute atomic E-state index is 0.335. The first-order valence-corrected chi connectivity index (χ1v) is 12.3. The van der Waals surface area contributed by atoms with E-state index in [4.69, 9.17) is 0 Å². The van der Waals surface area contributed by atoms with Crippen LogP contribution in [0.1, 0.15) is 0 Å². The molecule has 0 unspecified atom stereocenters. The standard InChI is InChI=1S/C25H20P2/c1-3-11-20(12-4-1)26(21-13-5-2-6-14-21)19-27-24-17-9-7-15-22(24)23-16-8-10-18-25(23)27/h1-18H,19H2. The van der Waals surface area contributed by atoms with Crippen molar-refractivity contribution in [1.82, 2.24) is 0 Å². The van der Waals surface area contributed by atoms with E-state index in [9.17, 15) is 0 Å². The van der Waals surface area contributed by atoms with Crippen LogP contribution in [0, 0.1) is 0 Å². The molecule has 27 heavy (non-hydrogen) atoms. The molecule has 0 radical (unpaired) electrons. The molecule has 0 bridgehead atoms. The van der Waals surface area contributed by atoms with Gasteiger partial charge in [0.15, 0.2) is 0 Å². The van der Waals surface area contributed by atoms with Gasteiger partial charge in [0.05, 0.1) is 0 Å². The molecular weight excluding hydrogens is 362 g/mol. The van der Waals surface area contributed by atoms with Gasteiger partial charge >= 0.3 is 0 Å². The summed E-state index contributed by atoms with van der Waals surface area (Å²) in [5, 5.41) is 8.93. The van der Waals surface area contributed by atoms with E-state index < -0.39 is 0 Å². The maximum atomic E-state index is 2.35. The molecule has 4 aromatic carbocycles. The fraction of sp³-hybridized carbons (Fsp3) is 0.0400. The average molecular weight is 382 g/mol. The van der Waals surface area contributed by atoms with Crippen molar-refractivity contribution in [3.63, 3.8) is 0 Å². The first kappa shape index (κ1) is 16.8. The molecule has 130 valence electrons. The quantitative estimate of drug-likeness (QED) is 0.292. The molecule has 1 heterocycles. The Morgan fingerprint density at radius 3 is 1.37 bits per heavy atom. The van der Waals surface area contributed by atoms with Crippen LogP contribution < -0.4 is 10.6 Å². The van der Waals surface area contributed by atoms with Gasteiger partial charge in [0, 0.05) is 16.1 Å². The highest BCUT2D eigenvalue weighted by Gasteiger charge is 2.18. The van der Waals surface area contributed by atoms with Crippen LogP contribution in [0.5, 0.6) is 0 Å². The minimum atomic E-state index is -0.382. The lowest BCUT2D eigenvalue weighted by Crippen LogP contribution is -2.11. The van der Waals surface area contributed by atoms with Crippen LogP contribution >= 0.6 is 15.5 Å². The fourth-order valence-corrected chi connectivity index (χ4v) is 10.6. The van der Waals surface area contributed by atoms with E-state index in [1.54, 1.807) is 10.2 Å². The Bertz CT molecular complexity index is 1100. The van der Waals surface area contributed by atoms with Gasteiger partial charge in [0.2, 0.25) is 0 Å². The Labute approximate surface area is 162 Å². The van der Waals surface area contributed by atoms with Gasteiger partial charge in [-0.2, -0.15) is 0 Å². The second-order valence-electron chi connectivity index (χ2n) is 6.70. The van der Waals surface area contributed by atoms with Gasteiger partial charge in [-0.15, -0.1) is 7.53 Å². The molecular formula is C25H20P2. The molecule has 1 aromatic heterocycles. The van der Waals surface area contributed by atoms with Crippen LogP contribution in [0.4, 0.5) is 0 Å². The van der Waals surface area contributed by atoms with E-state index in [2.05, 4.69) is 109 Å². The zero-order valence-electron chi connectivity index (χ0n) is 15.0. The van der Waals surface area contributed by atoms with Crippen molar-refractivity contribution in [2.24, 2.45) is 0 Å². The van der Waals surface area contributed by atoms with Gasteiger partial charge in [-0.3, -0.25) is 0 Å². The van der Waals surface area contributed by atoms with Crippen molar-refractivity contribution in [2.75, 3.05) is 0 Å². The first-order valence-electron chi connectivity index (χ1n) is 9.25. The molecule has 0 spiro atoms. The molecule has 5 rings (SSSR count). The Morgan fingerprint density at radius 1 is 0.481 bits per heavy atom. The fourth-order valence-electron chi connectivity index (χ4n) is 3.83. The van der Waals surface area contributed by atoms with Crippen molar-refractivity contribution in [2.45, 2.75) is 5.90 Å². The van der Waals surface area contributed by atoms with Crippen molar-refractivity contribution in [1.29, 1.82) is 0 Å². The molecule has 0 aliphatic rings. The highest BCUT2D eigenvalue weighted by molar-refractivity contribution is 7.82. The second-order valence-corrected chi connectivity index (χ2v) is 11.5. The van der Waals surface area contributed by atoms with Gasteiger partial charge in [0.1, 0.15) is 0 Å². The summed E-state index contributed by atoms with van der Waals surface area (Å²) in [6.45, 7) is 0. The number of benzene rings is 4. The van der Waals surface area contributed by atoms with Gasteiger partial charge < -0.3 is 0 Å². The highest BCUT2D eigenvalue weighted by Crippen LogP contribution is 2.57. The van der Waals surface area contributed by atoms with Crippen LogP contribution in [0.15, 0.2) is 109 Å². The number of rotatable bonds is 4. The summed E-state index contributed by atoms with van der Waals surface area (Å²) in [4.78, 5) is 0. The van der Waals surface area contributed by atoms with E-state index in [1.165, 1.54) is 27.3 Å².